The number of benzene rings is 1. The molecule has 19 heavy (non-hydrogen) atoms. The Morgan fingerprint density at radius 1 is 1.37 bits per heavy atom. The zero-order valence-corrected chi connectivity index (χ0v) is 13.1. The quantitative estimate of drug-likeness (QED) is 0.645. The van der Waals surface area contributed by atoms with Gasteiger partial charge < -0.3 is 4.74 Å². The molecule has 2 rings (SSSR count). The molecule has 1 fully saturated rings. The third kappa shape index (κ3) is 3.81. The Hall–Kier alpha value is -0.360. The minimum Gasteiger partial charge on any atom is -0.496 e. The van der Waals surface area contributed by atoms with Crippen LogP contribution in [-0.2, 0) is 6.42 Å². The molecule has 3 atom stereocenters. The van der Waals surface area contributed by atoms with Gasteiger partial charge in [-0.25, -0.2) is 0 Å². The van der Waals surface area contributed by atoms with Crippen LogP contribution in [0.15, 0.2) is 24.3 Å². The lowest BCUT2D eigenvalue weighted by atomic mass is 10.0. The summed E-state index contributed by atoms with van der Waals surface area (Å²) in [5, 5.41) is 1.18. The summed E-state index contributed by atoms with van der Waals surface area (Å²) in [6, 6.07) is 8.46. The maximum Gasteiger partial charge on any atom is 0.122 e. The summed E-state index contributed by atoms with van der Waals surface area (Å²) in [6.45, 7) is 2.30. The Kier molecular flexibility index (Phi) is 5.88. The highest BCUT2D eigenvalue weighted by Crippen LogP contribution is 2.34. The molecule has 1 aromatic rings. The standard InChI is InChI=1S/C14H22N2OS2/c1-10-14(19-8-7-18-10)12(16-15)9-11-5-3-4-6-13(11)17-2/h3-6,10,12,14,16H,7-9,15H2,1-2H3. The Morgan fingerprint density at radius 2 is 2.11 bits per heavy atom. The first kappa shape index (κ1) is 15.0. The summed E-state index contributed by atoms with van der Waals surface area (Å²) in [5.41, 5.74) is 4.23. The van der Waals surface area contributed by atoms with Crippen LogP contribution in [0.5, 0.6) is 5.75 Å². The van der Waals surface area contributed by atoms with Crippen molar-refractivity contribution in [1.82, 2.24) is 5.43 Å². The van der Waals surface area contributed by atoms with Gasteiger partial charge in [0.05, 0.1) is 7.11 Å². The second-order valence-corrected chi connectivity index (χ2v) is 7.47. The van der Waals surface area contributed by atoms with Crippen molar-refractivity contribution in [2.45, 2.75) is 29.9 Å². The molecule has 0 radical (unpaired) electrons. The Labute approximate surface area is 124 Å². The van der Waals surface area contributed by atoms with Gasteiger partial charge in [0.25, 0.3) is 0 Å². The van der Waals surface area contributed by atoms with Crippen molar-refractivity contribution in [3.8, 4) is 5.75 Å². The lowest BCUT2D eigenvalue weighted by molar-refractivity contribution is 0.404. The van der Waals surface area contributed by atoms with E-state index < -0.39 is 0 Å². The van der Waals surface area contributed by atoms with Gasteiger partial charge in [-0.2, -0.15) is 23.5 Å². The predicted molar refractivity (Wildman–Crippen MR) is 86.0 cm³/mol. The summed E-state index contributed by atoms with van der Waals surface area (Å²) in [5.74, 6) is 9.20. The molecule has 5 heteroatoms. The number of nitrogens with one attached hydrogen (secondary N) is 1. The second-order valence-electron chi connectivity index (χ2n) is 4.70. The molecule has 3 nitrogen and oxygen atoms in total. The van der Waals surface area contributed by atoms with Crippen LogP contribution in [0.4, 0.5) is 0 Å². The van der Waals surface area contributed by atoms with Crippen LogP contribution in [0.2, 0.25) is 0 Å². The van der Waals surface area contributed by atoms with Crippen molar-refractivity contribution in [3.63, 3.8) is 0 Å². The molecule has 0 amide bonds. The molecule has 1 saturated heterocycles. The third-order valence-electron chi connectivity index (χ3n) is 3.48. The summed E-state index contributed by atoms with van der Waals surface area (Å²) < 4.78 is 5.42. The van der Waals surface area contributed by atoms with E-state index in [4.69, 9.17) is 10.6 Å². The van der Waals surface area contributed by atoms with Gasteiger partial charge >= 0.3 is 0 Å². The first-order chi connectivity index (χ1) is 9.26. The third-order valence-corrected chi connectivity index (χ3v) is 6.73. The molecule has 3 N–H and O–H groups in total. The number of methoxy groups -OCH3 is 1. The topological polar surface area (TPSA) is 47.3 Å². The molecule has 0 spiro atoms. The van der Waals surface area contributed by atoms with E-state index in [9.17, 15) is 0 Å². The van der Waals surface area contributed by atoms with Crippen molar-refractivity contribution in [1.29, 1.82) is 0 Å². The highest BCUT2D eigenvalue weighted by Gasteiger charge is 2.30. The molecule has 106 valence electrons. The van der Waals surface area contributed by atoms with Crippen LogP contribution >= 0.6 is 23.5 Å². The molecule has 0 aliphatic carbocycles. The Balaban J connectivity index is 2.09. The summed E-state index contributed by atoms with van der Waals surface area (Å²) in [6.07, 6.45) is 0.906. The Morgan fingerprint density at radius 3 is 2.79 bits per heavy atom. The SMILES string of the molecule is COc1ccccc1CC(NN)C1SCCSC1C. The molecule has 1 heterocycles. The van der Waals surface area contributed by atoms with E-state index in [2.05, 4.69) is 24.5 Å². The smallest absolute Gasteiger partial charge is 0.122 e. The predicted octanol–water partition coefficient (Wildman–Crippen LogP) is 2.31. The van der Waals surface area contributed by atoms with E-state index in [0.29, 0.717) is 10.5 Å². The summed E-state index contributed by atoms with van der Waals surface area (Å²) in [4.78, 5) is 0. The minimum absolute atomic E-state index is 0.282. The Bertz CT molecular complexity index is 403. The van der Waals surface area contributed by atoms with Crippen LogP contribution in [0.3, 0.4) is 0 Å². The molecular weight excluding hydrogens is 276 g/mol. The average molecular weight is 298 g/mol. The molecule has 0 bridgehead atoms. The maximum atomic E-state index is 5.79. The summed E-state index contributed by atoms with van der Waals surface area (Å²) >= 11 is 4.08. The monoisotopic (exact) mass is 298 g/mol. The number of ether oxygens (including phenoxy) is 1. The van der Waals surface area contributed by atoms with Gasteiger partial charge in [-0.3, -0.25) is 11.3 Å². The fourth-order valence-electron chi connectivity index (χ4n) is 2.47. The van der Waals surface area contributed by atoms with E-state index in [1.54, 1.807) is 7.11 Å². The number of hydrogen-bond donors (Lipinski definition) is 2. The maximum absolute atomic E-state index is 5.79. The molecular formula is C14H22N2OS2. The number of hydrogen-bond acceptors (Lipinski definition) is 5. The van der Waals surface area contributed by atoms with Crippen molar-refractivity contribution in [3.05, 3.63) is 29.8 Å². The van der Waals surface area contributed by atoms with E-state index in [0.717, 1.165) is 12.2 Å². The van der Waals surface area contributed by atoms with Gasteiger partial charge in [-0.15, -0.1) is 0 Å². The van der Waals surface area contributed by atoms with E-state index in [1.807, 2.05) is 35.7 Å². The van der Waals surface area contributed by atoms with Crippen LogP contribution in [0.25, 0.3) is 0 Å². The number of rotatable bonds is 5. The zero-order chi connectivity index (χ0) is 13.7. The fraction of sp³-hybridized carbons (Fsp3) is 0.571. The lowest BCUT2D eigenvalue weighted by Gasteiger charge is -2.34. The molecule has 1 aliphatic heterocycles. The minimum atomic E-state index is 0.282. The van der Waals surface area contributed by atoms with Gasteiger partial charge in [0.1, 0.15) is 5.75 Å². The number of hydrazine groups is 1. The van der Waals surface area contributed by atoms with Crippen LogP contribution in [-0.4, -0.2) is 35.2 Å². The summed E-state index contributed by atoms with van der Waals surface area (Å²) in [7, 11) is 1.72. The van der Waals surface area contributed by atoms with Crippen molar-refractivity contribution in [2.75, 3.05) is 18.6 Å². The van der Waals surface area contributed by atoms with Crippen molar-refractivity contribution in [2.24, 2.45) is 5.84 Å². The number of nitrogens with two attached hydrogens (primary N) is 1. The lowest BCUT2D eigenvalue weighted by Crippen LogP contribution is -2.48. The molecule has 1 aliphatic rings. The molecule has 3 unspecified atom stereocenters. The van der Waals surface area contributed by atoms with Crippen LogP contribution < -0.4 is 16.0 Å². The molecule has 0 aromatic heterocycles. The number of thioether (sulfide) groups is 2. The van der Waals surface area contributed by atoms with E-state index >= 15 is 0 Å². The molecule has 0 saturated carbocycles. The average Bonchev–Trinajstić information content (AvgIpc) is 2.46. The van der Waals surface area contributed by atoms with Gasteiger partial charge in [-0.1, -0.05) is 25.1 Å². The van der Waals surface area contributed by atoms with E-state index in [-0.39, 0.29) is 6.04 Å². The normalized spacial score (nSPS) is 25.0. The van der Waals surface area contributed by atoms with Crippen LogP contribution in [0.1, 0.15) is 12.5 Å². The number of para-hydroxylation sites is 1. The zero-order valence-electron chi connectivity index (χ0n) is 11.5. The molecule has 1 aromatic carbocycles. The van der Waals surface area contributed by atoms with Crippen molar-refractivity contribution >= 4 is 23.5 Å². The second kappa shape index (κ2) is 7.43. The van der Waals surface area contributed by atoms with Crippen molar-refractivity contribution < 1.29 is 4.74 Å². The highest BCUT2D eigenvalue weighted by molar-refractivity contribution is 8.07. The van der Waals surface area contributed by atoms with E-state index in [1.165, 1.54) is 17.1 Å². The van der Waals surface area contributed by atoms with Gasteiger partial charge in [-0.05, 0) is 18.1 Å². The van der Waals surface area contributed by atoms with Crippen LogP contribution in [0, 0.1) is 0 Å². The van der Waals surface area contributed by atoms with Gasteiger partial charge in [0, 0.05) is 28.0 Å². The van der Waals surface area contributed by atoms with Gasteiger partial charge in [0.2, 0.25) is 0 Å². The first-order valence-corrected chi connectivity index (χ1v) is 8.67. The largest absolute Gasteiger partial charge is 0.496 e. The van der Waals surface area contributed by atoms with Gasteiger partial charge in [0.15, 0.2) is 0 Å². The highest BCUT2D eigenvalue weighted by atomic mass is 32.2. The fourth-order valence-corrected chi connectivity index (χ4v) is 5.41. The first-order valence-electron chi connectivity index (χ1n) is 6.57.